The number of anilines is 1. The van der Waals surface area contributed by atoms with Gasteiger partial charge in [-0.25, -0.2) is 14.4 Å². The maximum absolute atomic E-state index is 14.9. The lowest BCUT2D eigenvalue weighted by atomic mass is 10.1. The van der Waals surface area contributed by atoms with Crippen molar-refractivity contribution in [3.05, 3.63) is 56.8 Å². The Morgan fingerprint density at radius 1 is 1.18 bits per heavy atom. The van der Waals surface area contributed by atoms with Gasteiger partial charge in [-0.3, -0.25) is 14.0 Å². The summed E-state index contributed by atoms with van der Waals surface area (Å²) >= 11 is 5.94. The number of hydrogen-bond donors (Lipinski definition) is 0. The Kier molecular flexibility index (Phi) is 5.54. The van der Waals surface area contributed by atoms with E-state index in [1.807, 2.05) is 4.90 Å². The Bertz CT molecular complexity index is 1320. The normalized spacial score (nSPS) is 18.5. The Hall–Kier alpha value is -3.04. The molecule has 1 atom stereocenters. The number of ether oxygens (including phenoxy) is 1. The highest BCUT2D eigenvalue weighted by Crippen LogP contribution is 2.29. The number of fused-ring (bicyclic) bond motifs is 1. The third-order valence-corrected chi connectivity index (χ3v) is 6.58. The predicted octanol–water partition coefficient (Wildman–Crippen LogP) is 2.60. The fourth-order valence-corrected chi connectivity index (χ4v) is 4.29. The van der Waals surface area contributed by atoms with Gasteiger partial charge in [0.25, 0.3) is 11.5 Å². The van der Waals surface area contributed by atoms with Crippen LogP contribution >= 0.6 is 11.6 Å². The van der Waals surface area contributed by atoms with E-state index in [-0.39, 0.29) is 39.5 Å². The van der Waals surface area contributed by atoms with Crippen LogP contribution in [0.3, 0.4) is 0 Å². The maximum atomic E-state index is 14.9. The van der Waals surface area contributed by atoms with Crippen LogP contribution in [0.25, 0.3) is 16.9 Å². The SMILES string of the molecule is Cc1nc2c(-c3ccc(Cl)cc3F)nc(N3CCN(C(=O)C4CCO4)CC3)cn2c(=O)c1C. The van der Waals surface area contributed by atoms with E-state index in [1.54, 1.807) is 37.1 Å². The molecule has 4 heterocycles. The van der Waals surface area contributed by atoms with Crippen LogP contribution in [0.1, 0.15) is 17.7 Å². The van der Waals surface area contributed by atoms with Gasteiger partial charge in [0, 0.05) is 54.4 Å². The monoisotopic (exact) mass is 471 g/mol. The van der Waals surface area contributed by atoms with Crippen LogP contribution in [0.5, 0.6) is 0 Å². The number of rotatable bonds is 3. The zero-order valence-electron chi connectivity index (χ0n) is 18.3. The first-order valence-corrected chi connectivity index (χ1v) is 11.2. The minimum atomic E-state index is -0.544. The second-order valence-corrected chi connectivity index (χ2v) is 8.79. The molecule has 0 N–H and O–H groups in total. The first kappa shape index (κ1) is 21.8. The van der Waals surface area contributed by atoms with Gasteiger partial charge < -0.3 is 14.5 Å². The zero-order chi connectivity index (χ0) is 23.3. The molecule has 8 nitrogen and oxygen atoms in total. The van der Waals surface area contributed by atoms with Crippen molar-refractivity contribution in [2.45, 2.75) is 26.4 Å². The van der Waals surface area contributed by atoms with E-state index >= 15 is 0 Å². The van der Waals surface area contributed by atoms with Gasteiger partial charge in [0.05, 0.1) is 12.8 Å². The molecule has 3 aromatic rings. The van der Waals surface area contributed by atoms with Crippen molar-refractivity contribution in [3.8, 4) is 11.3 Å². The molecular weight excluding hydrogens is 449 g/mol. The molecule has 172 valence electrons. The summed E-state index contributed by atoms with van der Waals surface area (Å²) in [7, 11) is 0. The number of aromatic nitrogens is 3. The highest BCUT2D eigenvalue weighted by molar-refractivity contribution is 6.30. The molecule has 5 rings (SSSR count). The maximum Gasteiger partial charge on any atom is 0.261 e. The number of aryl methyl sites for hydroxylation is 1. The zero-order valence-corrected chi connectivity index (χ0v) is 19.1. The Balaban J connectivity index is 1.56. The lowest BCUT2D eigenvalue weighted by Crippen LogP contribution is -2.54. The van der Waals surface area contributed by atoms with Crippen molar-refractivity contribution in [2.24, 2.45) is 0 Å². The number of benzene rings is 1. The largest absolute Gasteiger partial charge is 0.368 e. The fraction of sp³-hybridized carbons (Fsp3) is 0.391. The van der Waals surface area contributed by atoms with Crippen molar-refractivity contribution in [2.75, 3.05) is 37.7 Å². The minimum Gasteiger partial charge on any atom is -0.368 e. The highest BCUT2D eigenvalue weighted by Gasteiger charge is 2.32. The molecule has 1 unspecified atom stereocenters. The molecule has 0 aliphatic carbocycles. The molecular formula is C23H23ClFN5O3. The van der Waals surface area contributed by atoms with Gasteiger partial charge in [0.15, 0.2) is 5.65 Å². The molecule has 0 bridgehead atoms. The first-order valence-electron chi connectivity index (χ1n) is 10.8. The van der Waals surface area contributed by atoms with E-state index in [4.69, 9.17) is 21.3 Å². The summed E-state index contributed by atoms with van der Waals surface area (Å²) < 4.78 is 21.6. The Morgan fingerprint density at radius 3 is 2.55 bits per heavy atom. The number of carbonyl (C=O) groups is 1. The first-order chi connectivity index (χ1) is 15.8. The van der Waals surface area contributed by atoms with Gasteiger partial charge in [-0.1, -0.05) is 11.6 Å². The molecule has 2 fully saturated rings. The number of nitrogens with zero attached hydrogens (tertiary/aromatic N) is 5. The Labute approximate surface area is 194 Å². The Morgan fingerprint density at radius 2 is 1.91 bits per heavy atom. The fourth-order valence-electron chi connectivity index (χ4n) is 4.13. The van der Waals surface area contributed by atoms with Crippen molar-refractivity contribution in [1.82, 2.24) is 19.3 Å². The topological polar surface area (TPSA) is 80.0 Å². The lowest BCUT2D eigenvalue weighted by molar-refractivity contribution is -0.156. The average molecular weight is 472 g/mol. The van der Waals surface area contributed by atoms with Crippen molar-refractivity contribution >= 4 is 29.0 Å². The summed E-state index contributed by atoms with van der Waals surface area (Å²) in [5, 5.41) is 0.269. The van der Waals surface area contributed by atoms with Crippen LogP contribution in [-0.2, 0) is 9.53 Å². The van der Waals surface area contributed by atoms with Gasteiger partial charge in [-0.2, -0.15) is 0 Å². The predicted molar refractivity (Wildman–Crippen MR) is 122 cm³/mol. The van der Waals surface area contributed by atoms with Crippen molar-refractivity contribution < 1.29 is 13.9 Å². The van der Waals surface area contributed by atoms with E-state index in [0.29, 0.717) is 49.9 Å². The van der Waals surface area contributed by atoms with Crippen molar-refractivity contribution in [3.63, 3.8) is 0 Å². The van der Waals surface area contributed by atoms with Gasteiger partial charge in [0.1, 0.15) is 23.4 Å². The highest BCUT2D eigenvalue weighted by atomic mass is 35.5. The molecule has 33 heavy (non-hydrogen) atoms. The summed E-state index contributed by atoms with van der Waals surface area (Å²) in [4.78, 5) is 38.6. The van der Waals surface area contributed by atoms with Crippen LogP contribution in [-0.4, -0.2) is 64.1 Å². The molecule has 10 heteroatoms. The molecule has 0 radical (unpaired) electrons. The van der Waals surface area contributed by atoms with Gasteiger partial charge in [-0.05, 0) is 32.0 Å². The number of halogens is 2. The van der Waals surface area contributed by atoms with E-state index in [0.717, 1.165) is 6.42 Å². The molecule has 0 saturated carbocycles. The van der Waals surface area contributed by atoms with Crippen LogP contribution in [0, 0.1) is 19.7 Å². The standard InChI is InChI=1S/C23H23ClFN5O3/c1-13-14(2)26-21-20(16-4-3-15(24)11-17(16)25)27-19(12-30(21)22(13)31)28-6-8-29(9-7-28)23(32)18-5-10-33-18/h3-4,11-12,18H,5-10H2,1-2H3. The second kappa shape index (κ2) is 8.39. The molecule has 0 spiro atoms. The second-order valence-electron chi connectivity index (χ2n) is 8.35. The van der Waals surface area contributed by atoms with E-state index in [9.17, 15) is 14.0 Å². The number of piperazine rings is 1. The summed E-state index contributed by atoms with van der Waals surface area (Å²) in [6.07, 6.45) is 2.07. The van der Waals surface area contributed by atoms with Crippen molar-refractivity contribution in [1.29, 1.82) is 0 Å². The lowest BCUT2D eigenvalue weighted by Gasteiger charge is -2.38. The summed E-state index contributed by atoms with van der Waals surface area (Å²) in [6, 6.07) is 4.34. The molecule has 2 saturated heterocycles. The molecule has 1 amide bonds. The molecule has 1 aromatic carbocycles. The van der Waals surface area contributed by atoms with Crippen LogP contribution in [0.2, 0.25) is 5.02 Å². The number of amides is 1. The average Bonchev–Trinajstić information content (AvgIpc) is 2.76. The smallest absolute Gasteiger partial charge is 0.261 e. The van der Waals surface area contributed by atoms with Crippen LogP contribution in [0.4, 0.5) is 10.2 Å². The van der Waals surface area contributed by atoms with Gasteiger partial charge in [-0.15, -0.1) is 0 Å². The van der Waals surface area contributed by atoms with Gasteiger partial charge in [0.2, 0.25) is 0 Å². The quantitative estimate of drug-likeness (QED) is 0.584. The van der Waals surface area contributed by atoms with Gasteiger partial charge >= 0.3 is 0 Å². The van der Waals surface area contributed by atoms with E-state index < -0.39 is 5.82 Å². The summed E-state index contributed by atoms with van der Waals surface area (Å²) in [5.41, 5.74) is 1.61. The summed E-state index contributed by atoms with van der Waals surface area (Å²) in [5.74, 6) is -0.00810. The molecule has 2 aromatic heterocycles. The number of carbonyl (C=O) groups excluding carboxylic acids is 1. The third-order valence-electron chi connectivity index (χ3n) is 6.34. The molecule has 2 aliphatic rings. The van der Waals surface area contributed by atoms with E-state index in [1.165, 1.54) is 10.5 Å². The summed E-state index contributed by atoms with van der Waals surface area (Å²) in [6.45, 7) is 6.19. The van der Waals surface area contributed by atoms with Crippen LogP contribution < -0.4 is 10.5 Å². The number of hydrogen-bond acceptors (Lipinski definition) is 6. The minimum absolute atomic E-state index is 0.0165. The van der Waals surface area contributed by atoms with Crippen LogP contribution in [0.15, 0.2) is 29.2 Å². The molecule has 2 aliphatic heterocycles. The third kappa shape index (κ3) is 3.85. The van der Waals surface area contributed by atoms with E-state index in [2.05, 4.69) is 4.98 Å².